The van der Waals surface area contributed by atoms with Gasteiger partial charge in [0.25, 0.3) is 11.5 Å². The predicted octanol–water partition coefficient (Wildman–Crippen LogP) is 2.79. The zero-order valence-corrected chi connectivity index (χ0v) is 15.5. The van der Waals surface area contributed by atoms with Gasteiger partial charge in [-0.3, -0.25) is 9.59 Å². The van der Waals surface area contributed by atoms with Gasteiger partial charge < -0.3 is 5.32 Å². The number of hydrogen-bond donors (Lipinski definition) is 2. The Morgan fingerprint density at radius 1 is 1.46 bits per heavy atom. The molecular formula is C17H16ClN5O2S. The maximum atomic E-state index is 12.8. The van der Waals surface area contributed by atoms with Gasteiger partial charge in [0.2, 0.25) is 0 Å². The van der Waals surface area contributed by atoms with Crippen molar-refractivity contribution in [3.8, 4) is 5.82 Å². The van der Waals surface area contributed by atoms with E-state index in [1.807, 2.05) is 6.07 Å². The molecule has 0 bridgehead atoms. The summed E-state index contributed by atoms with van der Waals surface area (Å²) < 4.78 is 2.28. The minimum Gasteiger partial charge on any atom is -0.345 e. The monoisotopic (exact) mass is 389 g/mol. The van der Waals surface area contributed by atoms with Crippen molar-refractivity contribution in [2.45, 2.75) is 32.2 Å². The van der Waals surface area contributed by atoms with Crippen LogP contribution < -0.4 is 10.9 Å². The number of fused-ring (bicyclic) bond motifs is 1. The second-order valence-electron chi connectivity index (χ2n) is 6.18. The fourth-order valence-electron chi connectivity index (χ4n) is 3.23. The summed E-state index contributed by atoms with van der Waals surface area (Å²) in [7, 11) is 0. The lowest BCUT2D eigenvalue weighted by atomic mass is 9.94. The van der Waals surface area contributed by atoms with E-state index in [2.05, 4.69) is 20.6 Å². The molecule has 0 fully saturated rings. The van der Waals surface area contributed by atoms with Gasteiger partial charge in [-0.2, -0.15) is 10.2 Å². The number of nitrogens with one attached hydrogen (secondary N) is 2. The van der Waals surface area contributed by atoms with E-state index in [-0.39, 0.29) is 17.5 Å². The Morgan fingerprint density at radius 3 is 3.08 bits per heavy atom. The molecule has 0 aromatic carbocycles. The normalized spacial score (nSPS) is 16.3. The molecule has 2 N–H and O–H groups in total. The number of thiophene rings is 1. The minimum absolute atomic E-state index is 0.0380. The van der Waals surface area contributed by atoms with Gasteiger partial charge >= 0.3 is 0 Å². The van der Waals surface area contributed by atoms with Crippen LogP contribution in [-0.4, -0.2) is 25.9 Å². The number of H-pyrrole nitrogens is 1. The number of carbonyl (C=O) groups is 1. The lowest BCUT2D eigenvalue weighted by Gasteiger charge is -2.23. The van der Waals surface area contributed by atoms with Crippen LogP contribution in [0, 0.1) is 6.92 Å². The highest BCUT2D eigenvalue weighted by molar-refractivity contribution is 7.16. The highest BCUT2D eigenvalue weighted by Crippen LogP contribution is 2.37. The first kappa shape index (κ1) is 17.0. The fraction of sp³-hybridized carbons (Fsp3) is 0.294. The largest absolute Gasteiger partial charge is 0.345 e. The maximum Gasteiger partial charge on any atom is 0.264 e. The number of nitrogens with zero attached hydrogens (tertiary/aromatic N) is 3. The van der Waals surface area contributed by atoms with E-state index in [9.17, 15) is 9.59 Å². The van der Waals surface area contributed by atoms with Gasteiger partial charge in [-0.15, -0.1) is 11.3 Å². The number of amides is 1. The smallest absolute Gasteiger partial charge is 0.264 e. The molecule has 0 spiro atoms. The van der Waals surface area contributed by atoms with Gasteiger partial charge in [-0.05, 0) is 43.9 Å². The summed E-state index contributed by atoms with van der Waals surface area (Å²) in [5, 5.41) is 13.6. The van der Waals surface area contributed by atoms with Crippen LogP contribution in [0.2, 0.25) is 4.34 Å². The molecule has 134 valence electrons. The molecule has 7 nitrogen and oxygen atoms in total. The molecule has 1 aliphatic carbocycles. The van der Waals surface area contributed by atoms with Crippen molar-refractivity contribution in [3.63, 3.8) is 0 Å². The van der Waals surface area contributed by atoms with Crippen molar-refractivity contribution in [3.05, 3.63) is 60.8 Å². The van der Waals surface area contributed by atoms with Crippen molar-refractivity contribution in [2.75, 3.05) is 0 Å². The van der Waals surface area contributed by atoms with Crippen LogP contribution >= 0.6 is 22.9 Å². The van der Waals surface area contributed by atoms with Crippen LogP contribution in [0.5, 0.6) is 0 Å². The van der Waals surface area contributed by atoms with E-state index in [1.165, 1.54) is 21.8 Å². The number of halogens is 1. The fourth-order valence-corrected chi connectivity index (χ4v) is 4.61. The highest BCUT2D eigenvalue weighted by Gasteiger charge is 2.26. The molecule has 3 heterocycles. The second kappa shape index (κ2) is 6.69. The molecule has 0 saturated heterocycles. The van der Waals surface area contributed by atoms with Crippen LogP contribution in [0.25, 0.3) is 5.82 Å². The molecule has 0 unspecified atom stereocenters. The Labute approximate surface area is 158 Å². The highest BCUT2D eigenvalue weighted by atomic mass is 35.5. The third-order valence-corrected chi connectivity index (χ3v) is 5.86. The number of hydrogen-bond acceptors (Lipinski definition) is 5. The zero-order chi connectivity index (χ0) is 18.3. The van der Waals surface area contributed by atoms with Crippen LogP contribution in [0.4, 0.5) is 0 Å². The number of aryl methyl sites for hydroxylation is 1. The number of aromatic amines is 1. The van der Waals surface area contributed by atoms with Crippen molar-refractivity contribution < 1.29 is 4.79 Å². The predicted molar refractivity (Wildman–Crippen MR) is 99.2 cm³/mol. The van der Waals surface area contributed by atoms with E-state index < -0.39 is 0 Å². The van der Waals surface area contributed by atoms with Crippen molar-refractivity contribution in [1.29, 1.82) is 0 Å². The summed E-state index contributed by atoms with van der Waals surface area (Å²) in [6.45, 7) is 1.79. The Morgan fingerprint density at radius 2 is 2.31 bits per heavy atom. The summed E-state index contributed by atoms with van der Waals surface area (Å²) in [4.78, 5) is 25.2. The van der Waals surface area contributed by atoms with E-state index in [1.54, 1.807) is 24.3 Å². The molecule has 3 aromatic rings. The van der Waals surface area contributed by atoms with E-state index in [4.69, 9.17) is 11.6 Å². The van der Waals surface area contributed by atoms with Gasteiger partial charge in [0, 0.05) is 10.9 Å². The molecule has 3 aromatic heterocycles. The van der Waals surface area contributed by atoms with Gasteiger partial charge in [0.1, 0.15) is 0 Å². The van der Waals surface area contributed by atoms with E-state index >= 15 is 0 Å². The van der Waals surface area contributed by atoms with Gasteiger partial charge in [0.15, 0.2) is 5.82 Å². The molecule has 1 amide bonds. The van der Waals surface area contributed by atoms with Crippen molar-refractivity contribution >= 4 is 28.8 Å². The topological polar surface area (TPSA) is 92.7 Å². The summed E-state index contributed by atoms with van der Waals surface area (Å²) >= 11 is 7.72. The van der Waals surface area contributed by atoms with Crippen molar-refractivity contribution in [2.24, 2.45) is 0 Å². The van der Waals surface area contributed by atoms with Gasteiger partial charge in [-0.1, -0.05) is 11.6 Å². The van der Waals surface area contributed by atoms with Gasteiger partial charge in [-0.25, -0.2) is 9.78 Å². The third-order valence-electron chi connectivity index (χ3n) is 4.52. The second-order valence-corrected chi connectivity index (χ2v) is 7.95. The Bertz CT molecular complexity index is 1020. The lowest BCUT2D eigenvalue weighted by molar-refractivity contribution is 0.0932. The summed E-state index contributed by atoms with van der Waals surface area (Å²) in [5.41, 5.74) is 1.96. The average molecular weight is 390 g/mol. The minimum atomic E-state index is -0.293. The zero-order valence-electron chi connectivity index (χ0n) is 14.0. The van der Waals surface area contributed by atoms with Crippen molar-refractivity contribution in [1.82, 2.24) is 25.3 Å². The van der Waals surface area contributed by atoms with Crippen LogP contribution in [0.15, 0.2) is 29.2 Å². The standard InChI is InChI=1S/C17H16ClN5O2S/c1-9-11(8-19-23(9)15-5-6-16(24)22-21-15)17(25)20-12-3-2-4-13-10(12)7-14(18)26-13/h5-8,12H,2-4H2,1H3,(H,20,25)(H,22,24)/t12-/m0/s1. The first-order chi connectivity index (χ1) is 12.5. The van der Waals surface area contributed by atoms with Crippen LogP contribution in [-0.2, 0) is 6.42 Å². The lowest BCUT2D eigenvalue weighted by Crippen LogP contribution is -2.30. The SMILES string of the molecule is Cc1c(C(=O)N[C@H]2CCCc3sc(Cl)cc32)cnn1-c1ccc(=O)[nH]n1. The molecule has 4 rings (SSSR count). The Hall–Kier alpha value is -2.45. The molecule has 1 atom stereocenters. The Balaban J connectivity index is 1.58. The van der Waals surface area contributed by atoms with Crippen LogP contribution in [0.1, 0.15) is 45.4 Å². The van der Waals surface area contributed by atoms with Gasteiger partial charge in [0.05, 0.1) is 27.8 Å². The summed E-state index contributed by atoms with van der Waals surface area (Å²) in [5.74, 6) is 0.268. The number of rotatable bonds is 3. The Kier molecular flexibility index (Phi) is 4.37. The average Bonchev–Trinajstić information content (AvgIpc) is 3.18. The molecule has 1 aliphatic rings. The number of aromatic nitrogens is 4. The molecule has 0 aliphatic heterocycles. The summed E-state index contributed by atoms with van der Waals surface area (Å²) in [6, 6.07) is 4.84. The summed E-state index contributed by atoms with van der Waals surface area (Å²) in [6.07, 6.45) is 4.44. The van der Waals surface area contributed by atoms with Crippen LogP contribution in [0.3, 0.4) is 0 Å². The maximum absolute atomic E-state index is 12.8. The first-order valence-electron chi connectivity index (χ1n) is 8.22. The molecule has 26 heavy (non-hydrogen) atoms. The quantitative estimate of drug-likeness (QED) is 0.720. The first-order valence-corrected chi connectivity index (χ1v) is 9.42. The molecule has 0 radical (unpaired) electrons. The third kappa shape index (κ3) is 3.06. The van der Waals surface area contributed by atoms with E-state index in [0.717, 1.165) is 29.2 Å². The molecule has 0 saturated carbocycles. The molecule has 9 heteroatoms. The van der Waals surface area contributed by atoms with E-state index in [0.29, 0.717) is 17.1 Å². The molecular weight excluding hydrogens is 374 g/mol. The number of carbonyl (C=O) groups excluding carboxylic acids is 1.